The van der Waals surface area contributed by atoms with E-state index in [9.17, 15) is 13.2 Å². The lowest BCUT2D eigenvalue weighted by Gasteiger charge is -2.16. The molecule has 0 saturated carbocycles. The van der Waals surface area contributed by atoms with Crippen LogP contribution in [0.15, 0.2) is 29.2 Å². The standard InChI is InChI=1S/C12H18ClN3O3S.ClH/c1-14-7-8-15-12(17)9-16(2)20(18,19)11-5-3-10(13)4-6-11;/h3-6,14H,7-9H2,1-2H3,(H,15,17);1H. The monoisotopic (exact) mass is 355 g/mol. The maximum absolute atomic E-state index is 12.2. The molecule has 120 valence electrons. The van der Waals surface area contributed by atoms with E-state index in [1.54, 1.807) is 7.05 Å². The van der Waals surface area contributed by atoms with E-state index >= 15 is 0 Å². The van der Waals surface area contributed by atoms with Crippen LogP contribution < -0.4 is 10.6 Å². The summed E-state index contributed by atoms with van der Waals surface area (Å²) in [6, 6.07) is 5.81. The molecule has 0 unspecified atom stereocenters. The Morgan fingerprint density at radius 3 is 2.33 bits per heavy atom. The van der Waals surface area contributed by atoms with Gasteiger partial charge in [-0.1, -0.05) is 11.6 Å². The molecule has 1 rings (SSSR count). The Labute approximate surface area is 136 Å². The van der Waals surface area contributed by atoms with Crippen LogP contribution in [0.4, 0.5) is 0 Å². The van der Waals surface area contributed by atoms with Gasteiger partial charge < -0.3 is 10.6 Å². The van der Waals surface area contributed by atoms with Crippen LogP contribution in [0.25, 0.3) is 0 Å². The first kappa shape index (κ1) is 20.1. The number of rotatable bonds is 7. The molecule has 0 aliphatic carbocycles. The minimum absolute atomic E-state index is 0. The number of nitrogens with one attached hydrogen (secondary N) is 2. The number of benzene rings is 1. The van der Waals surface area contributed by atoms with Crippen molar-refractivity contribution in [3.8, 4) is 0 Å². The molecule has 0 aromatic heterocycles. The molecular formula is C12H19Cl2N3O3S. The number of sulfonamides is 1. The average molecular weight is 356 g/mol. The van der Waals surface area contributed by atoms with E-state index in [0.29, 0.717) is 18.1 Å². The molecule has 9 heteroatoms. The molecule has 0 spiro atoms. The van der Waals surface area contributed by atoms with E-state index in [2.05, 4.69) is 10.6 Å². The number of hydrogen-bond acceptors (Lipinski definition) is 4. The van der Waals surface area contributed by atoms with Gasteiger partial charge in [0.25, 0.3) is 0 Å². The molecule has 0 bridgehead atoms. The summed E-state index contributed by atoms with van der Waals surface area (Å²) in [5.74, 6) is -0.347. The summed E-state index contributed by atoms with van der Waals surface area (Å²) in [5, 5.41) is 5.95. The molecule has 1 aromatic rings. The second kappa shape index (κ2) is 9.22. The second-order valence-corrected chi connectivity index (χ2v) is 6.65. The van der Waals surface area contributed by atoms with Gasteiger partial charge in [0.15, 0.2) is 0 Å². The van der Waals surface area contributed by atoms with Crippen molar-refractivity contribution in [1.29, 1.82) is 0 Å². The third-order valence-electron chi connectivity index (χ3n) is 2.59. The van der Waals surface area contributed by atoms with Gasteiger partial charge in [-0.2, -0.15) is 4.31 Å². The summed E-state index contributed by atoms with van der Waals surface area (Å²) in [6.45, 7) is 0.845. The lowest BCUT2D eigenvalue weighted by atomic mass is 10.4. The highest BCUT2D eigenvalue weighted by Crippen LogP contribution is 2.17. The predicted octanol–water partition coefficient (Wildman–Crippen LogP) is 0.718. The Kier molecular flexibility index (Phi) is 8.84. The summed E-state index contributed by atoms with van der Waals surface area (Å²) in [5.41, 5.74) is 0. The van der Waals surface area contributed by atoms with Crippen molar-refractivity contribution in [2.75, 3.05) is 33.7 Å². The van der Waals surface area contributed by atoms with Crippen molar-refractivity contribution >= 4 is 39.9 Å². The highest BCUT2D eigenvalue weighted by Gasteiger charge is 2.22. The van der Waals surface area contributed by atoms with E-state index in [-0.39, 0.29) is 29.8 Å². The van der Waals surface area contributed by atoms with E-state index in [1.165, 1.54) is 31.3 Å². The first-order valence-electron chi connectivity index (χ1n) is 6.01. The number of carbonyl (C=O) groups excluding carboxylic acids is 1. The zero-order valence-electron chi connectivity index (χ0n) is 11.8. The molecule has 21 heavy (non-hydrogen) atoms. The van der Waals surface area contributed by atoms with Gasteiger partial charge in [-0.25, -0.2) is 8.42 Å². The van der Waals surface area contributed by atoms with Gasteiger partial charge in [0.05, 0.1) is 11.4 Å². The Balaban J connectivity index is 0.00000400. The molecule has 0 saturated heterocycles. The molecular weight excluding hydrogens is 337 g/mol. The minimum atomic E-state index is -3.68. The molecule has 6 nitrogen and oxygen atoms in total. The number of carbonyl (C=O) groups is 1. The third kappa shape index (κ3) is 6.19. The molecule has 0 radical (unpaired) electrons. The lowest BCUT2D eigenvalue weighted by Crippen LogP contribution is -2.40. The van der Waals surface area contributed by atoms with Gasteiger partial charge in [0.2, 0.25) is 15.9 Å². The van der Waals surface area contributed by atoms with Gasteiger partial charge in [-0.05, 0) is 31.3 Å². The molecule has 0 atom stereocenters. The number of halogens is 2. The number of likely N-dealkylation sites (N-methyl/N-ethyl adjacent to an activating group) is 2. The summed E-state index contributed by atoms with van der Waals surface area (Å²) in [6.07, 6.45) is 0. The normalized spacial score (nSPS) is 11.0. The third-order valence-corrected chi connectivity index (χ3v) is 4.65. The smallest absolute Gasteiger partial charge is 0.243 e. The van der Waals surface area contributed by atoms with Crippen molar-refractivity contribution in [2.45, 2.75) is 4.90 Å². The van der Waals surface area contributed by atoms with Gasteiger partial charge >= 0.3 is 0 Å². The average Bonchev–Trinajstić information content (AvgIpc) is 2.39. The Morgan fingerprint density at radius 1 is 1.24 bits per heavy atom. The summed E-state index contributed by atoms with van der Waals surface area (Å²) in [4.78, 5) is 11.7. The lowest BCUT2D eigenvalue weighted by molar-refractivity contribution is -0.121. The van der Waals surface area contributed by atoms with E-state index in [0.717, 1.165) is 4.31 Å². The first-order chi connectivity index (χ1) is 9.37. The Hall–Kier alpha value is -0.860. The zero-order valence-corrected chi connectivity index (χ0v) is 14.2. The first-order valence-corrected chi connectivity index (χ1v) is 7.83. The van der Waals surface area contributed by atoms with Crippen molar-refractivity contribution < 1.29 is 13.2 Å². The van der Waals surface area contributed by atoms with Gasteiger partial charge in [0.1, 0.15) is 0 Å². The van der Waals surface area contributed by atoms with Crippen molar-refractivity contribution in [3.05, 3.63) is 29.3 Å². The topological polar surface area (TPSA) is 78.5 Å². The number of nitrogens with zero attached hydrogens (tertiary/aromatic N) is 1. The van der Waals surface area contributed by atoms with Gasteiger partial charge in [-0.15, -0.1) is 12.4 Å². The fourth-order valence-corrected chi connectivity index (χ4v) is 2.71. The quantitative estimate of drug-likeness (QED) is 0.706. The largest absolute Gasteiger partial charge is 0.354 e. The maximum Gasteiger partial charge on any atom is 0.243 e. The van der Waals surface area contributed by atoms with E-state index in [4.69, 9.17) is 11.6 Å². The maximum atomic E-state index is 12.2. The van der Waals surface area contributed by atoms with E-state index < -0.39 is 10.0 Å². The van der Waals surface area contributed by atoms with Crippen LogP contribution in [0.5, 0.6) is 0 Å². The van der Waals surface area contributed by atoms with Crippen LogP contribution in [0, 0.1) is 0 Å². The summed E-state index contributed by atoms with van der Waals surface area (Å²) >= 11 is 5.72. The predicted molar refractivity (Wildman–Crippen MR) is 85.5 cm³/mol. The summed E-state index contributed by atoms with van der Waals surface area (Å²) in [7, 11) is -0.553. The van der Waals surface area contributed by atoms with Gasteiger partial charge in [0, 0.05) is 25.2 Å². The fraction of sp³-hybridized carbons (Fsp3) is 0.417. The fourth-order valence-electron chi connectivity index (χ4n) is 1.46. The van der Waals surface area contributed by atoms with E-state index in [1.807, 2.05) is 0 Å². The Bertz CT molecular complexity index is 549. The van der Waals surface area contributed by atoms with Crippen LogP contribution in [-0.4, -0.2) is 52.4 Å². The zero-order chi connectivity index (χ0) is 15.2. The number of amides is 1. The van der Waals surface area contributed by atoms with Crippen LogP contribution in [-0.2, 0) is 14.8 Å². The Morgan fingerprint density at radius 2 is 1.81 bits per heavy atom. The molecule has 0 heterocycles. The molecule has 0 fully saturated rings. The molecule has 1 aromatic carbocycles. The minimum Gasteiger partial charge on any atom is -0.354 e. The van der Waals surface area contributed by atoms with Crippen molar-refractivity contribution in [3.63, 3.8) is 0 Å². The molecule has 2 N–H and O–H groups in total. The molecule has 1 amide bonds. The van der Waals surface area contributed by atoms with Crippen molar-refractivity contribution in [2.24, 2.45) is 0 Å². The molecule has 0 aliphatic rings. The second-order valence-electron chi connectivity index (χ2n) is 4.17. The highest BCUT2D eigenvalue weighted by molar-refractivity contribution is 7.89. The van der Waals surface area contributed by atoms with Crippen LogP contribution >= 0.6 is 24.0 Å². The van der Waals surface area contributed by atoms with Crippen LogP contribution in [0.1, 0.15) is 0 Å². The SMILES string of the molecule is CNCCNC(=O)CN(C)S(=O)(=O)c1ccc(Cl)cc1.Cl. The van der Waals surface area contributed by atoms with Crippen LogP contribution in [0.3, 0.4) is 0 Å². The highest BCUT2D eigenvalue weighted by atomic mass is 35.5. The van der Waals surface area contributed by atoms with Gasteiger partial charge in [-0.3, -0.25) is 4.79 Å². The van der Waals surface area contributed by atoms with Crippen molar-refractivity contribution in [1.82, 2.24) is 14.9 Å². The number of hydrogen-bond donors (Lipinski definition) is 2. The summed E-state index contributed by atoms with van der Waals surface area (Å²) < 4.78 is 25.4. The molecule has 0 aliphatic heterocycles. The van der Waals surface area contributed by atoms with Crippen LogP contribution in [0.2, 0.25) is 5.02 Å².